The first-order valence-electron chi connectivity index (χ1n) is 14.9. The Bertz CT molecular complexity index is 2490. The van der Waals surface area contributed by atoms with E-state index in [4.69, 9.17) is 9.97 Å². The fraction of sp³-hybridized carbons (Fsp3) is 0. The van der Waals surface area contributed by atoms with Crippen LogP contribution in [-0.4, -0.2) is 19.1 Å². The molecule has 0 aliphatic rings. The van der Waals surface area contributed by atoms with Gasteiger partial charge in [-0.2, -0.15) is 0 Å². The van der Waals surface area contributed by atoms with Crippen molar-refractivity contribution in [2.45, 2.75) is 0 Å². The molecule has 4 aromatic heterocycles. The first-order valence-corrected chi connectivity index (χ1v) is 14.9. The van der Waals surface area contributed by atoms with Crippen LogP contribution in [0.15, 0.2) is 158 Å². The average molecular weight is 563 g/mol. The fourth-order valence-electron chi connectivity index (χ4n) is 6.63. The normalized spacial score (nSPS) is 11.6. The van der Waals surface area contributed by atoms with Gasteiger partial charge in [-0.1, -0.05) is 115 Å². The minimum absolute atomic E-state index is 0.892. The summed E-state index contributed by atoms with van der Waals surface area (Å²) in [7, 11) is 0. The number of benzene rings is 5. The highest BCUT2D eigenvalue weighted by atomic mass is 15.1. The van der Waals surface area contributed by atoms with Crippen molar-refractivity contribution in [2.24, 2.45) is 0 Å². The van der Waals surface area contributed by atoms with E-state index < -0.39 is 0 Å². The maximum Gasteiger partial charge on any atom is 0.138 e. The molecule has 0 fully saturated rings. The molecule has 4 nitrogen and oxygen atoms in total. The van der Waals surface area contributed by atoms with E-state index in [2.05, 4.69) is 155 Å². The first kappa shape index (κ1) is 24.6. The van der Waals surface area contributed by atoms with Gasteiger partial charge >= 0.3 is 0 Å². The molecule has 0 amide bonds. The molecule has 0 saturated carbocycles. The second kappa shape index (κ2) is 9.79. The summed E-state index contributed by atoms with van der Waals surface area (Å²) in [6, 6.07) is 55.1. The van der Waals surface area contributed by atoms with Crippen LogP contribution in [0, 0.1) is 0 Å². The summed E-state index contributed by atoms with van der Waals surface area (Å²) in [6.45, 7) is 0. The van der Waals surface area contributed by atoms with Gasteiger partial charge in [0.05, 0.1) is 33.5 Å². The Hall–Kier alpha value is -6.00. The molecule has 0 atom stereocenters. The molecule has 4 heterocycles. The molecule has 206 valence electrons. The van der Waals surface area contributed by atoms with Gasteiger partial charge in [0.1, 0.15) is 11.6 Å². The van der Waals surface area contributed by atoms with Crippen molar-refractivity contribution >= 4 is 43.6 Å². The third-order valence-electron chi connectivity index (χ3n) is 8.54. The summed E-state index contributed by atoms with van der Waals surface area (Å²) in [5.41, 5.74) is 8.61. The van der Waals surface area contributed by atoms with Crippen LogP contribution >= 0.6 is 0 Å². The smallest absolute Gasteiger partial charge is 0.138 e. The van der Waals surface area contributed by atoms with E-state index in [0.717, 1.165) is 56.2 Å². The van der Waals surface area contributed by atoms with Crippen molar-refractivity contribution < 1.29 is 0 Å². The van der Waals surface area contributed by atoms with Gasteiger partial charge in [-0.15, -0.1) is 0 Å². The number of nitrogens with zero attached hydrogens (tertiary/aromatic N) is 4. The summed E-state index contributed by atoms with van der Waals surface area (Å²) in [6.07, 6.45) is 0. The van der Waals surface area contributed by atoms with E-state index in [9.17, 15) is 0 Å². The average Bonchev–Trinajstić information content (AvgIpc) is 3.62. The number of para-hydroxylation sites is 2. The molecular formula is C40H26N4. The Kier molecular flexibility index (Phi) is 5.47. The van der Waals surface area contributed by atoms with Crippen LogP contribution in [0.5, 0.6) is 0 Å². The lowest BCUT2D eigenvalue weighted by Gasteiger charge is -2.11. The summed E-state index contributed by atoms with van der Waals surface area (Å²) in [5.74, 6) is 1.79. The van der Waals surface area contributed by atoms with Crippen LogP contribution in [0.1, 0.15) is 0 Å². The van der Waals surface area contributed by atoms with E-state index in [1.54, 1.807) is 0 Å². The molecule has 0 aliphatic heterocycles. The number of pyridine rings is 2. The lowest BCUT2D eigenvalue weighted by Crippen LogP contribution is -2.00. The van der Waals surface area contributed by atoms with Crippen molar-refractivity contribution in [3.63, 3.8) is 0 Å². The Balaban J connectivity index is 1.39. The topological polar surface area (TPSA) is 35.6 Å². The zero-order chi connectivity index (χ0) is 29.0. The summed E-state index contributed by atoms with van der Waals surface area (Å²) >= 11 is 0. The van der Waals surface area contributed by atoms with Crippen molar-refractivity contribution in [2.75, 3.05) is 0 Å². The number of hydrogen-bond donors (Lipinski definition) is 0. The number of fused-ring (bicyclic) bond motifs is 7. The van der Waals surface area contributed by atoms with Gasteiger partial charge < -0.3 is 0 Å². The highest BCUT2D eigenvalue weighted by molar-refractivity contribution is 6.26. The zero-order valence-electron chi connectivity index (χ0n) is 23.8. The third kappa shape index (κ3) is 3.71. The number of aromatic nitrogens is 4. The van der Waals surface area contributed by atoms with Crippen LogP contribution < -0.4 is 0 Å². The molecule has 0 aliphatic carbocycles. The van der Waals surface area contributed by atoms with Crippen molar-refractivity contribution in [3.05, 3.63) is 158 Å². The Morgan fingerprint density at radius 3 is 1.50 bits per heavy atom. The maximum atomic E-state index is 5.23. The molecule has 0 N–H and O–H groups in total. The zero-order valence-corrected chi connectivity index (χ0v) is 23.8. The molecular weight excluding hydrogens is 536 g/mol. The van der Waals surface area contributed by atoms with Gasteiger partial charge in [-0.3, -0.25) is 9.13 Å². The fourth-order valence-corrected chi connectivity index (χ4v) is 6.63. The summed E-state index contributed by atoms with van der Waals surface area (Å²) in [5, 5.41) is 4.78. The summed E-state index contributed by atoms with van der Waals surface area (Å²) in [4.78, 5) is 10.4. The van der Waals surface area contributed by atoms with Crippen LogP contribution in [0.25, 0.3) is 77.8 Å². The van der Waals surface area contributed by atoms with E-state index in [1.165, 1.54) is 21.5 Å². The lowest BCUT2D eigenvalue weighted by atomic mass is 10.1. The largest absolute Gasteiger partial charge is 0.294 e. The third-order valence-corrected chi connectivity index (χ3v) is 8.54. The quantitative estimate of drug-likeness (QED) is 0.214. The molecule has 9 aromatic rings. The molecule has 0 unspecified atom stereocenters. The second-order valence-corrected chi connectivity index (χ2v) is 11.1. The van der Waals surface area contributed by atoms with Gasteiger partial charge in [0.15, 0.2) is 0 Å². The number of rotatable bonds is 4. The minimum Gasteiger partial charge on any atom is -0.294 e. The predicted molar refractivity (Wildman–Crippen MR) is 182 cm³/mol. The Labute approximate surface area is 254 Å². The number of hydrogen-bond acceptors (Lipinski definition) is 2. The summed E-state index contributed by atoms with van der Waals surface area (Å²) < 4.78 is 4.64. The van der Waals surface area contributed by atoms with Crippen LogP contribution in [0.4, 0.5) is 0 Å². The van der Waals surface area contributed by atoms with Gasteiger partial charge in [0, 0.05) is 32.7 Å². The highest BCUT2D eigenvalue weighted by Gasteiger charge is 2.21. The van der Waals surface area contributed by atoms with Gasteiger partial charge in [0.2, 0.25) is 0 Å². The molecule has 9 rings (SSSR count). The second-order valence-electron chi connectivity index (χ2n) is 11.1. The van der Waals surface area contributed by atoms with Gasteiger partial charge in [-0.05, 0) is 42.5 Å². The molecule has 44 heavy (non-hydrogen) atoms. The van der Waals surface area contributed by atoms with Crippen molar-refractivity contribution in [1.82, 2.24) is 19.1 Å². The monoisotopic (exact) mass is 562 g/mol. The van der Waals surface area contributed by atoms with E-state index in [1.807, 2.05) is 12.1 Å². The van der Waals surface area contributed by atoms with Crippen LogP contribution in [-0.2, 0) is 0 Å². The SMILES string of the molecule is c1ccc(-c2cccc(-n3c4ccccc4c4c3ccc3c5ccccc5n(-c5cccc(-c6ccccc6)n5)c34)n2)cc1. The molecule has 0 bridgehead atoms. The molecule has 5 aromatic carbocycles. The Morgan fingerprint density at radius 1 is 0.341 bits per heavy atom. The van der Waals surface area contributed by atoms with Gasteiger partial charge in [-0.25, -0.2) is 9.97 Å². The van der Waals surface area contributed by atoms with Crippen molar-refractivity contribution in [1.29, 1.82) is 0 Å². The van der Waals surface area contributed by atoms with E-state index >= 15 is 0 Å². The van der Waals surface area contributed by atoms with Gasteiger partial charge in [0.25, 0.3) is 0 Å². The first-order chi connectivity index (χ1) is 21.8. The molecule has 0 spiro atoms. The molecule has 4 heteroatoms. The predicted octanol–water partition coefficient (Wildman–Crippen LogP) is 10.0. The van der Waals surface area contributed by atoms with E-state index in [0.29, 0.717) is 0 Å². The van der Waals surface area contributed by atoms with Crippen LogP contribution in [0.2, 0.25) is 0 Å². The van der Waals surface area contributed by atoms with Crippen molar-refractivity contribution in [3.8, 4) is 34.2 Å². The highest BCUT2D eigenvalue weighted by Crippen LogP contribution is 2.41. The Morgan fingerprint density at radius 2 is 0.864 bits per heavy atom. The van der Waals surface area contributed by atoms with Crippen LogP contribution in [0.3, 0.4) is 0 Å². The van der Waals surface area contributed by atoms with E-state index in [-0.39, 0.29) is 0 Å². The maximum absolute atomic E-state index is 5.23. The minimum atomic E-state index is 0.892. The molecule has 0 radical (unpaired) electrons. The standard InChI is InChI=1S/C40H26N4/c1-3-13-27(14-4-1)32-19-11-23-37(41-32)43-35-22-10-8-18-31(35)39-36(43)26-25-30-29-17-7-9-21-34(29)44(40(30)39)38-24-12-20-33(42-38)28-15-5-2-6-16-28/h1-26H. The lowest BCUT2D eigenvalue weighted by molar-refractivity contribution is 1.08. The molecule has 0 saturated heterocycles.